The van der Waals surface area contributed by atoms with Crippen molar-refractivity contribution in [2.45, 2.75) is 59.0 Å². The van der Waals surface area contributed by atoms with Crippen LogP contribution in [0.2, 0.25) is 0 Å². The molecule has 212 valence electrons. The lowest BCUT2D eigenvalue weighted by molar-refractivity contribution is -0.150. The van der Waals surface area contributed by atoms with Gasteiger partial charge in [-0.2, -0.15) is 0 Å². The number of ether oxygens (including phenoxy) is 1. The molecule has 41 heavy (non-hydrogen) atoms. The summed E-state index contributed by atoms with van der Waals surface area (Å²) in [6.45, 7) is 7.41. The van der Waals surface area contributed by atoms with Gasteiger partial charge in [0, 0.05) is 13.1 Å². The van der Waals surface area contributed by atoms with E-state index in [-0.39, 0.29) is 18.4 Å². The molecule has 0 saturated carbocycles. The molecule has 2 atom stereocenters. The first kappa shape index (κ1) is 29.8. The van der Waals surface area contributed by atoms with E-state index in [0.717, 1.165) is 27.8 Å². The Balaban J connectivity index is 1.64. The summed E-state index contributed by atoms with van der Waals surface area (Å²) in [5.41, 5.74) is 5.11. The van der Waals surface area contributed by atoms with E-state index in [1.54, 1.807) is 0 Å². The van der Waals surface area contributed by atoms with Crippen molar-refractivity contribution in [1.29, 1.82) is 0 Å². The fourth-order valence-corrected chi connectivity index (χ4v) is 4.92. The van der Waals surface area contributed by atoms with E-state index < -0.39 is 18.1 Å². The quantitative estimate of drug-likeness (QED) is 0.183. The highest BCUT2D eigenvalue weighted by Crippen LogP contribution is 2.27. The topological polar surface area (TPSA) is 58.6 Å². The molecule has 0 aliphatic heterocycles. The van der Waals surface area contributed by atoms with Crippen LogP contribution >= 0.6 is 0 Å². The van der Waals surface area contributed by atoms with Gasteiger partial charge in [0.05, 0.1) is 0 Å². The van der Waals surface area contributed by atoms with Crippen LogP contribution in [0.25, 0.3) is 0 Å². The lowest BCUT2D eigenvalue weighted by atomic mass is 9.99. The zero-order valence-electron chi connectivity index (χ0n) is 24.2. The van der Waals surface area contributed by atoms with Crippen LogP contribution in [0.15, 0.2) is 115 Å². The summed E-state index contributed by atoms with van der Waals surface area (Å²) in [6.07, 6.45) is 0.483. The normalized spacial score (nSPS) is 12.6. The number of nitrogens with zero attached hydrogens (tertiary/aromatic N) is 1. The van der Waals surface area contributed by atoms with E-state index in [2.05, 4.69) is 34.5 Å². The van der Waals surface area contributed by atoms with Crippen molar-refractivity contribution in [1.82, 2.24) is 10.2 Å². The van der Waals surface area contributed by atoms with Gasteiger partial charge in [-0.05, 0) is 41.5 Å². The summed E-state index contributed by atoms with van der Waals surface area (Å²) in [7, 11) is 0. The van der Waals surface area contributed by atoms with Crippen LogP contribution in [0, 0.1) is 12.8 Å². The van der Waals surface area contributed by atoms with E-state index in [0.29, 0.717) is 19.5 Å². The first-order chi connectivity index (χ1) is 19.9. The fraction of sp³-hybridized carbons (Fsp3) is 0.278. The van der Waals surface area contributed by atoms with Crippen molar-refractivity contribution < 1.29 is 14.3 Å². The molecule has 0 aliphatic rings. The van der Waals surface area contributed by atoms with Crippen molar-refractivity contribution in [2.24, 2.45) is 5.92 Å². The van der Waals surface area contributed by atoms with Gasteiger partial charge in [-0.3, -0.25) is 9.69 Å². The molecule has 0 aliphatic carbocycles. The summed E-state index contributed by atoms with van der Waals surface area (Å²) < 4.78 is 5.68. The molecule has 5 nitrogen and oxygen atoms in total. The zero-order chi connectivity index (χ0) is 29.0. The van der Waals surface area contributed by atoms with Gasteiger partial charge in [0.2, 0.25) is 5.91 Å². The molecule has 4 aromatic carbocycles. The number of hydrogen-bond acceptors (Lipinski definition) is 4. The summed E-state index contributed by atoms with van der Waals surface area (Å²) in [5.74, 6) is -0.452. The summed E-state index contributed by atoms with van der Waals surface area (Å²) in [4.78, 5) is 29.7. The molecule has 0 saturated heterocycles. The van der Waals surface area contributed by atoms with Gasteiger partial charge < -0.3 is 10.1 Å². The molecular weight excluding hydrogens is 508 g/mol. The van der Waals surface area contributed by atoms with Gasteiger partial charge in [-0.1, -0.05) is 135 Å². The van der Waals surface area contributed by atoms with E-state index in [4.69, 9.17) is 4.74 Å². The Hall–Kier alpha value is -4.22. The first-order valence-corrected chi connectivity index (χ1v) is 14.3. The van der Waals surface area contributed by atoms with Gasteiger partial charge in [0.25, 0.3) is 0 Å². The third-order valence-electron chi connectivity index (χ3n) is 7.00. The monoisotopic (exact) mass is 548 g/mol. The maximum absolute atomic E-state index is 14.3. The number of amides is 1. The molecule has 5 heteroatoms. The Bertz CT molecular complexity index is 1320. The molecule has 0 heterocycles. The third kappa shape index (κ3) is 9.16. The van der Waals surface area contributed by atoms with E-state index in [9.17, 15) is 9.59 Å². The predicted octanol–water partition coefficient (Wildman–Crippen LogP) is 7.01. The van der Waals surface area contributed by atoms with Crippen molar-refractivity contribution in [3.8, 4) is 0 Å². The van der Waals surface area contributed by atoms with E-state index >= 15 is 0 Å². The lowest BCUT2D eigenvalue weighted by Crippen LogP contribution is -2.48. The van der Waals surface area contributed by atoms with Gasteiger partial charge in [-0.25, -0.2) is 4.79 Å². The smallest absolute Gasteiger partial charge is 0.328 e. The molecule has 0 radical (unpaired) electrons. The maximum Gasteiger partial charge on any atom is 0.328 e. The molecule has 4 rings (SSSR count). The number of nitrogens with one attached hydrogen (secondary N) is 1. The van der Waals surface area contributed by atoms with Crippen molar-refractivity contribution in [3.05, 3.63) is 143 Å². The van der Waals surface area contributed by atoms with Gasteiger partial charge in [0.15, 0.2) is 0 Å². The Labute approximate surface area is 244 Å². The van der Waals surface area contributed by atoms with Crippen LogP contribution in [-0.2, 0) is 34.0 Å². The standard InChI is InChI=1S/C36H40N2O3/c1-27(2)23-33(36(40)41-26-31-17-11-6-12-18-31)37-35(39)34(32-21-19-28(3)20-22-32)38(24-29-13-7-4-8-14-29)25-30-15-9-5-10-16-30/h4-22,27,33-34H,23-26H2,1-3H3,(H,37,39)/t33-,34+/m0/s1. The fourth-order valence-electron chi connectivity index (χ4n) is 4.92. The van der Waals surface area contributed by atoms with Crippen molar-refractivity contribution in [3.63, 3.8) is 0 Å². The minimum Gasteiger partial charge on any atom is -0.459 e. The molecule has 0 aromatic heterocycles. The molecule has 0 unspecified atom stereocenters. The third-order valence-corrected chi connectivity index (χ3v) is 7.00. The van der Waals surface area contributed by atoms with Gasteiger partial charge in [0.1, 0.15) is 18.7 Å². The van der Waals surface area contributed by atoms with Crippen molar-refractivity contribution >= 4 is 11.9 Å². The van der Waals surface area contributed by atoms with Crippen LogP contribution in [0.5, 0.6) is 0 Å². The highest BCUT2D eigenvalue weighted by molar-refractivity contribution is 5.88. The van der Waals surface area contributed by atoms with Gasteiger partial charge in [-0.15, -0.1) is 0 Å². The molecule has 4 aromatic rings. The zero-order valence-corrected chi connectivity index (χ0v) is 24.2. The Morgan fingerprint density at radius 1 is 0.707 bits per heavy atom. The second kappa shape index (κ2) is 15.0. The Kier molecular flexibility index (Phi) is 10.9. The second-order valence-electron chi connectivity index (χ2n) is 11.0. The molecular formula is C36H40N2O3. The predicted molar refractivity (Wildman–Crippen MR) is 164 cm³/mol. The SMILES string of the molecule is Cc1ccc([C@H](C(=O)N[C@@H](CC(C)C)C(=O)OCc2ccccc2)N(Cc2ccccc2)Cc2ccccc2)cc1. The molecule has 0 spiro atoms. The summed E-state index contributed by atoms with van der Waals surface area (Å²) in [5, 5.41) is 3.09. The van der Waals surface area contributed by atoms with Crippen LogP contribution in [0.4, 0.5) is 0 Å². The highest BCUT2D eigenvalue weighted by atomic mass is 16.5. The largest absolute Gasteiger partial charge is 0.459 e. The second-order valence-corrected chi connectivity index (χ2v) is 11.0. The number of rotatable bonds is 13. The van der Waals surface area contributed by atoms with Crippen LogP contribution < -0.4 is 5.32 Å². The lowest BCUT2D eigenvalue weighted by Gasteiger charge is -2.33. The van der Waals surface area contributed by atoms with Crippen molar-refractivity contribution in [2.75, 3.05) is 0 Å². The van der Waals surface area contributed by atoms with Crippen LogP contribution in [0.3, 0.4) is 0 Å². The van der Waals surface area contributed by atoms with Crippen LogP contribution in [0.1, 0.15) is 54.1 Å². The number of hydrogen-bond donors (Lipinski definition) is 1. The average Bonchev–Trinajstić information content (AvgIpc) is 2.98. The van der Waals surface area contributed by atoms with Gasteiger partial charge >= 0.3 is 5.97 Å². The van der Waals surface area contributed by atoms with E-state index in [1.165, 1.54) is 0 Å². The minimum absolute atomic E-state index is 0.166. The number of carbonyl (C=O) groups excluding carboxylic acids is 2. The molecule has 1 amide bonds. The highest BCUT2D eigenvalue weighted by Gasteiger charge is 2.32. The molecule has 0 bridgehead atoms. The number of carbonyl (C=O) groups is 2. The summed E-state index contributed by atoms with van der Waals surface area (Å²) in [6, 6.07) is 36.6. The average molecular weight is 549 g/mol. The maximum atomic E-state index is 14.3. The number of benzene rings is 4. The minimum atomic E-state index is -0.755. The van der Waals surface area contributed by atoms with Crippen LogP contribution in [-0.4, -0.2) is 22.8 Å². The number of aryl methyl sites for hydroxylation is 1. The first-order valence-electron chi connectivity index (χ1n) is 14.3. The summed E-state index contributed by atoms with van der Waals surface area (Å²) >= 11 is 0. The Morgan fingerprint density at radius 3 is 1.68 bits per heavy atom. The number of esters is 1. The molecule has 0 fully saturated rings. The Morgan fingerprint density at radius 2 is 1.20 bits per heavy atom. The van der Waals surface area contributed by atoms with E-state index in [1.807, 2.05) is 112 Å². The molecule has 1 N–H and O–H groups in total.